The van der Waals surface area contributed by atoms with Crippen LogP contribution in [0.2, 0.25) is 0 Å². The molecule has 2 heteroatoms. The van der Waals surface area contributed by atoms with Crippen LogP contribution in [0.5, 0.6) is 0 Å². The molecule has 0 saturated heterocycles. The van der Waals surface area contributed by atoms with Crippen molar-refractivity contribution >= 4 is 5.91 Å². The van der Waals surface area contributed by atoms with Gasteiger partial charge in [-0.3, -0.25) is 4.79 Å². The van der Waals surface area contributed by atoms with Crippen molar-refractivity contribution < 1.29 is 4.79 Å². The third-order valence-corrected chi connectivity index (χ3v) is 2.27. The quantitative estimate of drug-likeness (QED) is 0.807. The van der Waals surface area contributed by atoms with Gasteiger partial charge in [0.05, 0.1) is 0 Å². The van der Waals surface area contributed by atoms with Crippen molar-refractivity contribution in [3.05, 3.63) is 34.9 Å². The lowest BCUT2D eigenvalue weighted by Gasteiger charge is -2.09. The van der Waals surface area contributed by atoms with Gasteiger partial charge in [-0.2, -0.15) is 0 Å². The Morgan fingerprint density at radius 3 is 2.20 bits per heavy atom. The molecule has 1 N–H and O–H groups in total. The molecule has 1 amide bonds. The lowest BCUT2D eigenvalue weighted by Crippen LogP contribution is -2.27. The first kappa shape index (κ1) is 11.8. The molecule has 0 radical (unpaired) electrons. The minimum Gasteiger partial charge on any atom is -0.352 e. The standard InChI is InChI=1S/C13H19NO/c1-9(2)13(15)14-8-12-6-10(3)5-11(4)7-12/h5-7,9H,8H2,1-4H3,(H,14,15). The highest BCUT2D eigenvalue weighted by Gasteiger charge is 2.05. The van der Waals surface area contributed by atoms with E-state index >= 15 is 0 Å². The number of hydrogen-bond acceptors (Lipinski definition) is 1. The average Bonchev–Trinajstić information content (AvgIpc) is 2.12. The molecule has 1 aromatic rings. The summed E-state index contributed by atoms with van der Waals surface area (Å²) in [6, 6.07) is 6.34. The predicted molar refractivity (Wildman–Crippen MR) is 62.6 cm³/mol. The Hall–Kier alpha value is -1.31. The van der Waals surface area contributed by atoms with Gasteiger partial charge in [0.2, 0.25) is 5.91 Å². The van der Waals surface area contributed by atoms with Crippen LogP contribution in [0.1, 0.15) is 30.5 Å². The molecule has 82 valence electrons. The molecule has 0 spiro atoms. The van der Waals surface area contributed by atoms with Crippen molar-refractivity contribution in [2.45, 2.75) is 34.2 Å². The fourth-order valence-electron chi connectivity index (χ4n) is 1.56. The molecule has 0 fully saturated rings. The summed E-state index contributed by atoms with van der Waals surface area (Å²) in [5.74, 6) is 0.157. The minimum atomic E-state index is 0.0518. The van der Waals surface area contributed by atoms with Crippen LogP contribution < -0.4 is 5.32 Å². The monoisotopic (exact) mass is 205 g/mol. The van der Waals surface area contributed by atoms with Gasteiger partial charge in [-0.1, -0.05) is 43.2 Å². The zero-order chi connectivity index (χ0) is 11.4. The number of aryl methyl sites for hydroxylation is 2. The number of rotatable bonds is 3. The molecule has 1 aromatic carbocycles. The van der Waals surface area contributed by atoms with Crippen LogP contribution in [-0.2, 0) is 11.3 Å². The van der Waals surface area contributed by atoms with Crippen LogP contribution in [-0.4, -0.2) is 5.91 Å². The van der Waals surface area contributed by atoms with Crippen molar-refractivity contribution in [1.82, 2.24) is 5.32 Å². The van der Waals surface area contributed by atoms with Crippen LogP contribution in [0.15, 0.2) is 18.2 Å². The normalized spacial score (nSPS) is 10.5. The van der Waals surface area contributed by atoms with E-state index in [1.165, 1.54) is 16.7 Å². The topological polar surface area (TPSA) is 29.1 Å². The maximum absolute atomic E-state index is 11.4. The molecule has 0 aromatic heterocycles. The van der Waals surface area contributed by atoms with Gasteiger partial charge < -0.3 is 5.32 Å². The molecule has 0 saturated carbocycles. The highest BCUT2D eigenvalue weighted by molar-refractivity contribution is 5.77. The zero-order valence-electron chi connectivity index (χ0n) is 9.92. The van der Waals surface area contributed by atoms with E-state index in [0.717, 1.165) is 0 Å². The summed E-state index contributed by atoms with van der Waals surface area (Å²) >= 11 is 0. The van der Waals surface area contributed by atoms with Gasteiger partial charge in [-0.25, -0.2) is 0 Å². The largest absolute Gasteiger partial charge is 0.352 e. The van der Waals surface area contributed by atoms with Crippen molar-refractivity contribution in [3.8, 4) is 0 Å². The SMILES string of the molecule is Cc1cc(C)cc(CNC(=O)C(C)C)c1. The minimum absolute atomic E-state index is 0.0518. The number of hydrogen-bond donors (Lipinski definition) is 1. The third kappa shape index (κ3) is 3.74. The van der Waals surface area contributed by atoms with E-state index in [-0.39, 0.29) is 11.8 Å². The second kappa shape index (κ2) is 4.96. The highest BCUT2D eigenvalue weighted by Crippen LogP contribution is 2.08. The first-order valence-corrected chi connectivity index (χ1v) is 5.34. The summed E-state index contributed by atoms with van der Waals surface area (Å²) in [4.78, 5) is 11.4. The second-order valence-electron chi connectivity index (χ2n) is 4.37. The summed E-state index contributed by atoms with van der Waals surface area (Å²) in [5.41, 5.74) is 3.65. The van der Waals surface area contributed by atoms with Gasteiger partial charge in [0.1, 0.15) is 0 Å². The summed E-state index contributed by atoms with van der Waals surface area (Å²) in [6.07, 6.45) is 0. The van der Waals surface area contributed by atoms with E-state index in [2.05, 4.69) is 37.4 Å². The van der Waals surface area contributed by atoms with Gasteiger partial charge in [0.15, 0.2) is 0 Å². The van der Waals surface area contributed by atoms with E-state index < -0.39 is 0 Å². The molecule has 1 rings (SSSR count). The fourth-order valence-corrected chi connectivity index (χ4v) is 1.56. The third-order valence-electron chi connectivity index (χ3n) is 2.27. The summed E-state index contributed by atoms with van der Waals surface area (Å²) in [7, 11) is 0. The van der Waals surface area contributed by atoms with E-state index in [1.54, 1.807) is 0 Å². The second-order valence-corrected chi connectivity index (χ2v) is 4.37. The Balaban J connectivity index is 2.61. The number of nitrogens with one attached hydrogen (secondary N) is 1. The lowest BCUT2D eigenvalue weighted by molar-refractivity contribution is -0.124. The van der Waals surface area contributed by atoms with Crippen LogP contribution >= 0.6 is 0 Å². The van der Waals surface area contributed by atoms with Crippen molar-refractivity contribution in [3.63, 3.8) is 0 Å². The van der Waals surface area contributed by atoms with E-state index in [9.17, 15) is 4.79 Å². The summed E-state index contributed by atoms with van der Waals surface area (Å²) in [5, 5.41) is 2.91. The van der Waals surface area contributed by atoms with Crippen molar-refractivity contribution in [2.75, 3.05) is 0 Å². The van der Waals surface area contributed by atoms with Crippen LogP contribution in [0, 0.1) is 19.8 Å². The van der Waals surface area contributed by atoms with Crippen molar-refractivity contribution in [2.24, 2.45) is 5.92 Å². The van der Waals surface area contributed by atoms with Crippen molar-refractivity contribution in [1.29, 1.82) is 0 Å². The number of benzene rings is 1. The number of carbonyl (C=O) groups is 1. The molecular formula is C13H19NO. The number of carbonyl (C=O) groups excluding carboxylic acids is 1. The zero-order valence-corrected chi connectivity index (χ0v) is 9.92. The molecule has 0 atom stereocenters. The molecule has 15 heavy (non-hydrogen) atoms. The molecule has 0 bridgehead atoms. The van der Waals surface area contributed by atoms with Crippen LogP contribution in [0.25, 0.3) is 0 Å². The summed E-state index contributed by atoms with van der Waals surface area (Å²) < 4.78 is 0. The van der Waals surface area contributed by atoms with Gasteiger partial charge in [0.25, 0.3) is 0 Å². The fraction of sp³-hybridized carbons (Fsp3) is 0.462. The van der Waals surface area contributed by atoms with Gasteiger partial charge in [-0.05, 0) is 19.4 Å². The molecular weight excluding hydrogens is 186 g/mol. The van der Waals surface area contributed by atoms with Crippen LogP contribution in [0.4, 0.5) is 0 Å². The van der Waals surface area contributed by atoms with Gasteiger partial charge in [-0.15, -0.1) is 0 Å². The maximum atomic E-state index is 11.4. The Labute approximate surface area is 91.7 Å². The molecule has 0 aliphatic heterocycles. The van der Waals surface area contributed by atoms with E-state index in [1.807, 2.05) is 13.8 Å². The molecule has 2 nitrogen and oxygen atoms in total. The predicted octanol–water partition coefficient (Wildman–Crippen LogP) is 2.58. The van der Waals surface area contributed by atoms with Gasteiger partial charge >= 0.3 is 0 Å². The Morgan fingerprint density at radius 2 is 1.73 bits per heavy atom. The van der Waals surface area contributed by atoms with E-state index in [0.29, 0.717) is 6.54 Å². The van der Waals surface area contributed by atoms with Gasteiger partial charge in [0, 0.05) is 12.5 Å². The summed E-state index contributed by atoms with van der Waals surface area (Å²) in [6.45, 7) is 8.56. The molecule has 0 aliphatic rings. The Kier molecular flexibility index (Phi) is 3.89. The highest BCUT2D eigenvalue weighted by atomic mass is 16.1. The Bertz CT molecular complexity index is 335. The molecule has 0 aliphatic carbocycles. The first-order valence-electron chi connectivity index (χ1n) is 5.34. The first-order chi connectivity index (χ1) is 6.99. The molecule has 0 heterocycles. The lowest BCUT2D eigenvalue weighted by atomic mass is 10.1. The smallest absolute Gasteiger partial charge is 0.222 e. The maximum Gasteiger partial charge on any atom is 0.222 e. The average molecular weight is 205 g/mol. The van der Waals surface area contributed by atoms with E-state index in [4.69, 9.17) is 0 Å². The number of amides is 1. The Morgan fingerprint density at radius 1 is 1.20 bits per heavy atom. The van der Waals surface area contributed by atoms with Crippen LogP contribution in [0.3, 0.4) is 0 Å². The molecule has 0 unspecified atom stereocenters.